The largest absolute Gasteiger partial charge is 0.480 e. The van der Waals surface area contributed by atoms with E-state index in [0.29, 0.717) is 19.3 Å². The van der Waals surface area contributed by atoms with Gasteiger partial charge in [0.25, 0.3) is 0 Å². The minimum Gasteiger partial charge on any atom is -0.480 e. The Morgan fingerprint density at radius 3 is 1.47 bits per heavy atom. The van der Waals surface area contributed by atoms with Crippen LogP contribution in [0.1, 0.15) is 155 Å². The number of nitrogens with zero attached hydrogens (tertiary/aromatic N) is 2. The third-order valence-corrected chi connectivity index (χ3v) is 8.01. The lowest BCUT2D eigenvalue weighted by Crippen LogP contribution is -2.51. The summed E-state index contributed by atoms with van der Waals surface area (Å²) in [6.45, 7) is 2.78. The first kappa shape index (κ1) is 45.1. The van der Waals surface area contributed by atoms with Crippen LogP contribution in [0, 0.1) is 23.7 Å². The summed E-state index contributed by atoms with van der Waals surface area (Å²) in [7, 11) is 0. The molecule has 0 saturated heterocycles. The Bertz CT molecular complexity index is 1080. The molecule has 0 heterocycles. The fourth-order valence-corrected chi connectivity index (χ4v) is 5.19. The number of guanidine groups is 2. The predicted octanol–water partition coefficient (Wildman–Crippen LogP) is 4.59. The van der Waals surface area contributed by atoms with Crippen LogP contribution in [0.2, 0.25) is 0 Å². The van der Waals surface area contributed by atoms with Gasteiger partial charge in [-0.3, -0.25) is 19.6 Å². The normalized spacial score (nSPS) is 11.5. The molecule has 0 aromatic carbocycles. The zero-order valence-corrected chi connectivity index (χ0v) is 30.2. The number of hydrogen-bond acceptors (Lipinski definition) is 5. The van der Waals surface area contributed by atoms with Crippen LogP contribution in [-0.2, 0) is 14.4 Å². The number of unbranched alkanes of at least 4 members (excludes halogenated alkanes) is 16. The summed E-state index contributed by atoms with van der Waals surface area (Å²) < 4.78 is 0. The first-order valence-corrected chi connectivity index (χ1v) is 18.6. The van der Waals surface area contributed by atoms with Crippen molar-refractivity contribution in [2.24, 2.45) is 32.9 Å². The van der Waals surface area contributed by atoms with Crippen LogP contribution in [0.25, 0.3) is 0 Å². The maximum absolute atomic E-state index is 13.0. The van der Waals surface area contributed by atoms with Crippen LogP contribution in [0.3, 0.4) is 0 Å². The zero-order valence-electron chi connectivity index (χ0n) is 30.2. The quantitative estimate of drug-likeness (QED) is 0.0244. The molecular weight excluding hydrogens is 620 g/mol. The monoisotopic (exact) mass is 687 g/mol. The number of hydrogen-bond donors (Lipinski definition) is 7. The van der Waals surface area contributed by atoms with Crippen molar-refractivity contribution in [1.82, 2.24) is 10.6 Å². The van der Waals surface area contributed by atoms with Gasteiger partial charge in [0, 0.05) is 32.4 Å². The number of aliphatic carboxylic acids is 1. The molecular formula is C37H66N8O4. The first-order valence-electron chi connectivity index (χ1n) is 18.6. The molecule has 0 spiro atoms. The molecule has 0 aliphatic carbocycles. The topological polar surface area (TPSA) is 224 Å². The molecule has 12 nitrogen and oxygen atoms in total. The number of aliphatic imine (C=N–C) groups is 2. The Hall–Kier alpha value is -3.93. The van der Waals surface area contributed by atoms with E-state index in [4.69, 9.17) is 22.9 Å². The van der Waals surface area contributed by atoms with E-state index in [-0.39, 0.29) is 50.2 Å². The standard InChI is InChI=1S/C37H66N8O4/c1-2-3-4-5-6-7-8-9-10-11-12-13-14-15-16-17-18-19-20-21-22-23-28-33(46)44-31(26-24-29-42-36(38)39)34(47)45-32(35(48)49)27-25-30-43-37(40)41/h31-32H,2-12,17-30H2,1H3,(H,44,46)(H,45,47)(H,48,49)(H4,38,39,42)(H4,40,41,43). The summed E-state index contributed by atoms with van der Waals surface area (Å²) in [5, 5.41) is 14.9. The molecule has 0 aromatic heterocycles. The second kappa shape index (κ2) is 32.6. The second-order valence-corrected chi connectivity index (χ2v) is 12.6. The van der Waals surface area contributed by atoms with Gasteiger partial charge in [-0.2, -0.15) is 0 Å². The van der Waals surface area contributed by atoms with E-state index in [2.05, 4.69) is 51.2 Å². The maximum atomic E-state index is 13.0. The molecule has 0 radical (unpaired) electrons. The van der Waals surface area contributed by atoms with Crippen LogP contribution in [0.4, 0.5) is 0 Å². The van der Waals surface area contributed by atoms with Crippen molar-refractivity contribution in [2.45, 2.75) is 167 Å². The molecule has 2 amide bonds. The smallest absolute Gasteiger partial charge is 0.326 e. The Balaban J connectivity index is 4.25. The van der Waals surface area contributed by atoms with Gasteiger partial charge in [-0.05, 0) is 56.8 Å². The Kier molecular flexibility index (Phi) is 30.0. The summed E-state index contributed by atoms with van der Waals surface area (Å²) in [4.78, 5) is 45.1. The van der Waals surface area contributed by atoms with Crippen molar-refractivity contribution in [3.8, 4) is 23.7 Å². The number of carboxylic acid groups (broad SMARTS) is 1. The van der Waals surface area contributed by atoms with Gasteiger partial charge in [0.05, 0.1) is 0 Å². The van der Waals surface area contributed by atoms with E-state index in [9.17, 15) is 19.5 Å². The van der Waals surface area contributed by atoms with Crippen molar-refractivity contribution < 1.29 is 19.5 Å². The van der Waals surface area contributed by atoms with Crippen molar-refractivity contribution in [2.75, 3.05) is 13.1 Å². The lowest BCUT2D eigenvalue weighted by molar-refractivity contribution is -0.142. The Morgan fingerprint density at radius 2 is 1.02 bits per heavy atom. The molecule has 49 heavy (non-hydrogen) atoms. The van der Waals surface area contributed by atoms with Gasteiger partial charge in [-0.15, -0.1) is 0 Å². The molecule has 0 fully saturated rings. The third kappa shape index (κ3) is 31.1. The van der Waals surface area contributed by atoms with E-state index in [1.807, 2.05) is 0 Å². The molecule has 12 heteroatoms. The number of carboxylic acids is 1. The van der Waals surface area contributed by atoms with Crippen molar-refractivity contribution in [1.29, 1.82) is 0 Å². The summed E-state index contributed by atoms with van der Waals surface area (Å²) in [5.41, 5.74) is 21.3. The second-order valence-electron chi connectivity index (χ2n) is 12.6. The fourth-order valence-electron chi connectivity index (χ4n) is 5.19. The highest BCUT2D eigenvalue weighted by molar-refractivity contribution is 5.90. The van der Waals surface area contributed by atoms with Crippen LogP contribution >= 0.6 is 0 Å². The number of amides is 2. The first-order chi connectivity index (χ1) is 23.7. The molecule has 0 saturated carbocycles. The van der Waals surface area contributed by atoms with Gasteiger partial charge in [0.1, 0.15) is 12.1 Å². The minimum atomic E-state index is -1.18. The Morgan fingerprint density at radius 1 is 0.592 bits per heavy atom. The van der Waals surface area contributed by atoms with Crippen LogP contribution < -0.4 is 33.6 Å². The maximum Gasteiger partial charge on any atom is 0.326 e. The molecule has 0 rings (SSSR count). The number of nitrogens with one attached hydrogen (secondary N) is 2. The van der Waals surface area contributed by atoms with Gasteiger partial charge < -0.3 is 38.7 Å². The van der Waals surface area contributed by atoms with Crippen LogP contribution in [0.5, 0.6) is 0 Å². The van der Waals surface area contributed by atoms with Gasteiger partial charge in [-0.25, -0.2) is 4.79 Å². The minimum absolute atomic E-state index is 0.0657. The SMILES string of the molecule is CCCCCCCCCCCCC#CC#CCCCCCCCCC(=O)NC(CCCN=C(N)N)C(=O)NC(CCCN=C(N)N)C(=O)O. The Labute approximate surface area is 295 Å². The van der Waals surface area contributed by atoms with Gasteiger partial charge in [-0.1, -0.05) is 102 Å². The third-order valence-electron chi connectivity index (χ3n) is 8.01. The van der Waals surface area contributed by atoms with Gasteiger partial charge in [0.2, 0.25) is 11.8 Å². The molecule has 0 aromatic rings. The predicted molar refractivity (Wildman–Crippen MR) is 200 cm³/mol. The molecule has 278 valence electrons. The number of carbonyl (C=O) groups is 3. The van der Waals surface area contributed by atoms with E-state index in [1.165, 1.54) is 64.2 Å². The van der Waals surface area contributed by atoms with E-state index < -0.39 is 24.0 Å². The molecule has 0 aliphatic rings. The van der Waals surface area contributed by atoms with E-state index >= 15 is 0 Å². The lowest BCUT2D eigenvalue weighted by Gasteiger charge is -2.21. The fraction of sp³-hybridized carbons (Fsp3) is 0.757. The van der Waals surface area contributed by atoms with Gasteiger partial charge >= 0.3 is 5.97 Å². The average Bonchev–Trinajstić information content (AvgIpc) is 3.05. The highest BCUT2D eigenvalue weighted by atomic mass is 16.4. The van der Waals surface area contributed by atoms with E-state index in [1.54, 1.807) is 0 Å². The highest BCUT2D eigenvalue weighted by Crippen LogP contribution is 2.12. The lowest BCUT2D eigenvalue weighted by atomic mass is 10.1. The number of rotatable bonds is 30. The summed E-state index contributed by atoms with van der Waals surface area (Å²) >= 11 is 0. The average molecular weight is 687 g/mol. The molecule has 0 bridgehead atoms. The summed E-state index contributed by atoms with van der Waals surface area (Å²) in [5.74, 6) is 10.1. The van der Waals surface area contributed by atoms with Crippen LogP contribution in [-0.4, -0.2) is 60.0 Å². The number of carbonyl (C=O) groups excluding carboxylic acids is 2. The van der Waals surface area contributed by atoms with Crippen molar-refractivity contribution in [3.05, 3.63) is 0 Å². The number of nitrogens with two attached hydrogens (primary N) is 4. The zero-order chi connectivity index (χ0) is 36.4. The van der Waals surface area contributed by atoms with Crippen molar-refractivity contribution in [3.63, 3.8) is 0 Å². The summed E-state index contributed by atoms with van der Waals surface area (Å²) in [6.07, 6.45) is 22.4. The molecule has 11 N–H and O–H groups in total. The molecule has 2 atom stereocenters. The molecule has 0 aliphatic heterocycles. The van der Waals surface area contributed by atoms with E-state index in [0.717, 1.165) is 44.9 Å². The van der Waals surface area contributed by atoms with Crippen molar-refractivity contribution >= 4 is 29.7 Å². The van der Waals surface area contributed by atoms with Gasteiger partial charge in [0.15, 0.2) is 11.9 Å². The highest BCUT2D eigenvalue weighted by Gasteiger charge is 2.26. The summed E-state index contributed by atoms with van der Waals surface area (Å²) in [6, 6.07) is -2.05. The molecule has 2 unspecified atom stereocenters. The van der Waals surface area contributed by atoms with Crippen LogP contribution in [0.15, 0.2) is 9.98 Å².